The summed E-state index contributed by atoms with van der Waals surface area (Å²) < 4.78 is 38.2. The lowest BCUT2D eigenvalue weighted by atomic mass is 10.0. The van der Waals surface area contributed by atoms with E-state index >= 15 is 0 Å². The Balaban J connectivity index is 2.01. The molecule has 0 fully saturated rings. The number of aliphatic imine (C=N–C) groups is 1. The van der Waals surface area contributed by atoms with E-state index in [1.54, 1.807) is 24.2 Å². The molecule has 2 nitrogen and oxygen atoms in total. The van der Waals surface area contributed by atoms with Gasteiger partial charge >= 0.3 is 6.18 Å². The molecule has 6 heteroatoms. The summed E-state index contributed by atoms with van der Waals surface area (Å²) in [6.07, 6.45) is 1.55. The molecule has 0 saturated carbocycles. The maximum Gasteiger partial charge on any atom is 0.416 e. The molecule has 0 atom stereocenters. The van der Waals surface area contributed by atoms with E-state index in [9.17, 15) is 13.2 Å². The molecule has 0 bridgehead atoms. The van der Waals surface area contributed by atoms with Crippen molar-refractivity contribution >= 4 is 23.2 Å². The summed E-state index contributed by atoms with van der Waals surface area (Å²) in [7, 11) is 0. The van der Waals surface area contributed by atoms with Crippen LogP contribution in [0.5, 0.6) is 0 Å². The maximum absolute atomic E-state index is 12.7. The van der Waals surface area contributed by atoms with Crippen molar-refractivity contribution in [3.05, 3.63) is 53.3 Å². The third-order valence-corrected chi connectivity index (χ3v) is 4.11. The lowest BCUT2D eigenvalue weighted by Gasteiger charge is -2.07. The Morgan fingerprint density at radius 3 is 2.71 bits per heavy atom. The summed E-state index contributed by atoms with van der Waals surface area (Å²) in [4.78, 5) is 9.41. The lowest BCUT2D eigenvalue weighted by Crippen LogP contribution is -2.04. The summed E-state index contributed by atoms with van der Waals surface area (Å²) in [6.45, 7) is 0. The van der Waals surface area contributed by atoms with Crippen LogP contribution in [0.3, 0.4) is 0 Å². The summed E-state index contributed by atoms with van der Waals surface area (Å²) in [6, 6.07) is 5.58. The van der Waals surface area contributed by atoms with Crippen molar-refractivity contribution in [2.75, 3.05) is 6.26 Å². The fraction of sp³-hybridized carbons (Fsp3) is 0.200. The van der Waals surface area contributed by atoms with Crippen molar-refractivity contribution in [1.29, 1.82) is 0 Å². The second kappa shape index (κ2) is 5.18. The fourth-order valence-electron chi connectivity index (χ4n) is 2.30. The van der Waals surface area contributed by atoms with Crippen LogP contribution in [0.2, 0.25) is 0 Å². The van der Waals surface area contributed by atoms with Gasteiger partial charge in [0.25, 0.3) is 0 Å². The first kappa shape index (κ1) is 14.1. The SMILES string of the molecule is CSc1cnccc1C1=Nc2cc(C(F)(F)F)ccc2C1. The molecule has 0 unspecified atom stereocenters. The van der Waals surface area contributed by atoms with Gasteiger partial charge in [-0.2, -0.15) is 13.2 Å². The monoisotopic (exact) mass is 308 g/mol. The average Bonchev–Trinajstić information content (AvgIpc) is 2.89. The lowest BCUT2D eigenvalue weighted by molar-refractivity contribution is -0.137. The van der Waals surface area contributed by atoms with E-state index in [1.165, 1.54) is 6.07 Å². The van der Waals surface area contributed by atoms with Gasteiger partial charge in [-0.3, -0.25) is 9.98 Å². The summed E-state index contributed by atoms with van der Waals surface area (Å²) in [5.74, 6) is 0. The minimum atomic E-state index is -4.34. The Morgan fingerprint density at radius 2 is 2.00 bits per heavy atom. The minimum absolute atomic E-state index is 0.406. The van der Waals surface area contributed by atoms with Crippen molar-refractivity contribution in [2.24, 2.45) is 4.99 Å². The van der Waals surface area contributed by atoms with Crippen molar-refractivity contribution < 1.29 is 13.2 Å². The molecule has 1 aliphatic rings. The Labute approximate surface area is 124 Å². The number of nitrogens with zero attached hydrogens (tertiary/aromatic N) is 2. The number of pyridine rings is 1. The number of hydrogen-bond donors (Lipinski definition) is 0. The van der Waals surface area contributed by atoms with Gasteiger partial charge in [-0.1, -0.05) is 6.07 Å². The first-order chi connectivity index (χ1) is 9.99. The van der Waals surface area contributed by atoms with Gasteiger partial charge in [0.1, 0.15) is 0 Å². The van der Waals surface area contributed by atoms with Crippen molar-refractivity contribution in [3.8, 4) is 0 Å². The molecule has 1 aromatic heterocycles. The molecule has 0 N–H and O–H groups in total. The van der Waals surface area contributed by atoms with E-state index < -0.39 is 11.7 Å². The molecule has 2 aromatic rings. The Bertz CT molecular complexity index is 723. The third kappa shape index (κ3) is 2.68. The molecular formula is C15H11F3N2S. The molecule has 3 rings (SSSR count). The molecule has 0 radical (unpaired) electrons. The van der Waals surface area contributed by atoms with Crippen molar-refractivity contribution in [2.45, 2.75) is 17.5 Å². The molecule has 1 aromatic carbocycles. The molecule has 2 heterocycles. The van der Waals surface area contributed by atoms with Gasteiger partial charge in [0.15, 0.2) is 0 Å². The number of aromatic nitrogens is 1. The highest BCUT2D eigenvalue weighted by Crippen LogP contribution is 2.37. The number of halogens is 3. The first-order valence-electron chi connectivity index (χ1n) is 6.25. The third-order valence-electron chi connectivity index (χ3n) is 3.34. The highest BCUT2D eigenvalue weighted by molar-refractivity contribution is 7.98. The molecule has 1 aliphatic heterocycles. The summed E-state index contributed by atoms with van der Waals surface area (Å²) in [5, 5.41) is 0. The summed E-state index contributed by atoms with van der Waals surface area (Å²) >= 11 is 1.55. The molecular weight excluding hydrogens is 297 g/mol. The molecule has 21 heavy (non-hydrogen) atoms. The highest BCUT2D eigenvalue weighted by atomic mass is 32.2. The number of benzene rings is 1. The first-order valence-corrected chi connectivity index (χ1v) is 7.47. The van der Waals surface area contributed by atoms with Crippen LogP contribution in [0, 0.1) is 0 Å². The van der Waals surface area contributed by atoms with E-state index in [2.05, 4.69) is 9.98 Å². The number of hydrogen-bond acceptors (Lipinski definition) is 3. The van der Waals surface area contributed by atoms with Gasteiger partial charge in [-0.05, 0) is 30.0 Å². The molecule has 0 amide bonds. The number of alkyl halides is 3. The Kier molecular flexibility index (Phi) is 3.49. The van der Waals surface area contributed by atoms with Crippen LogP contribution in [-0.2, 0) is 12.6 Å². The van der Waals surface area contributed by atoms with Crippen LogP contribution in [0.1, 0.15) is 16.7 Å². The van der Waals surface area contributed by atoms with Crippen LogP contribution in [-0.4, -0.2) is 17.0 Å². The zero-order valence-electron chi connectivity index (χ0n) is 11.1. The Hall–Kier alpha value is -1.82. The van der Waals surface area contributed by atoms with E-state index in [1.807, 2.05) is 12.3 Å². The van der Waals surface area contributed by atoms with E-state index in [4.69, 9.17) is 0 Å². The minimum Gasteiger partial charge on any atom is -0.264 e. The van der Waals surface area contributed by atoms with Gasteiger partial charge in [0, 0.05) is 29.3 Å². The maximum atomic E-state index is 12.7. The number of rotatable bonds is 2. The quantitative estimate of drug-likeness (QED) is 0.763. The Morgan fingerprint density at radius 1 is 1.19 bits per heavy atom. The number of thioether (sulfide) groups is 1. The zero-order chi connectivity index (χ0) is 15.0. The van der Waals surface area contributed by atoms with E-state index in [0.29, 0.717) is 12.1 Å². The molecule has 108 valence electrons. The molecule has 0 saturated heterocycles. The smallest absolute Gasteiger partial charge is 0.264 e. The summed E-state index contributed by atoms with van der Waals surface area (Å²) in [5.41, 5.74) is 2.29. The normalized spacial score (nSPS) is 14.0. The largest absolute Gasteiger partial charge is 0.416 e. The van der Waals surface area contributed by atoms with Gasteiger partial charge in [-0.25, -0.2) is 0 Å². The molecule has 0 aliphatic carbocycles. The second-order valence-electron chi connectivity index (χ2n) is 4.65. The van der Waals surface area contributed by atoms with Crippen LogP contribution < -0.4 is 0 Å². The van der Waals surface area contributed by atoms with Crippen LogP contribution in [0.15, 0.2) is 46.5 Å². The van der Waals surface area contributed by atoms with Crippen LogP contribution >= 0.6 is 11.8 Å². The predicted molar refractivity (Wildman–Crippen MR) is 77.4 cm³/mol. The van der Waals surface area contributed by atoms with Gasteiger partial charge < -0.3 is 0 Å². The van der Waals surface area contributed by atoms with Crippen LogP contribution in [0.4, 0.5) is 18.9 Å². The second-order valence-corrected chi connectivity index (χ2v) is 5.50. The van der Waals surface area contributed by atoms with Gasteiger partial charge in [0.05, 0.1) is 17.0 Å². The van der Waals surface area contributed by atoms with E-state index in [-0.39, 0.29) is 0 Å². The number of fused-ring (bicyclic) bond motifs is 1. The zero-order valence-corrected chi connectivity index (χ0v) is 11.9. The molecule has 0 spiro atoms. The van der Waals surface area contributed by atoms with Gasteiger partial charge in [0.2, 0.25) is 0 Å². The van der Waals surface area contributed by atoms with Gasteiger partial charge in [-0.15, -0.1) is 11.8 Å². The van der Waals surface area contributed by atoms with Crippen molar-refractivity contribution in [3.63, 3.8) is 0 Å². The van der Waals surface area contributed by atoms with Crippen molar-refractivity contribution in [1.82, 2.24) is 4.98 Å². The predicted octanol–water partition coefficient (Wildman–Crippen LogP) is 4.50. The standard InChI is InChI=1S/C15H11F3N2S/c1-21-14-8-19-5-4-11(14)13-6-9-2-3-10(15(16,17)18)7-12(9)20-13/h2-5,7-8H,6H2,1H3. The van der Waals surface area contributed by atoms with E-state index in [0.717, 1.165) is 33.9 Å². The topological polar surface area (TPSA) is 25.2 Å². The average molecular weight is 308 g/mol. The highest BCUT2D eigenvalue weighted by Gasteiger charge is 2.32. The fourth-order valence-corrected chi connectivity index (χ4v) is 2.87. The van der Waals surface area contributed by atoms with Crippen LogP contribution in [0.25, 0.3) is 0 Å².